The Balaban J connectivity index is 1.26. The number of rotatable bonds is 6. The van der Waals surface area contributed by atoms with E-state index in [1.54, 1.807) is 16.2 Å². The molecule has 7 nitrogen and oxygen atoms in total. The van der Waals surface area contributed by atoms with Crippen molar-refractivity contribution in [1.29, 1.82) is 0 Å². The molecule has 3 amide bonds. The number of amides is 3. The van der Waals surface area contributed by atoms with Crippen molar-refractivity contribution in [3.8, 4) is 0 Å². The van der Waals surface area contributed by atoms with E-state index in [0.29, 0.717) is 6.54 Å². The summed E-state index contributed by atoms with van der Waals surface area (Å²) in [5, 5.41) is 8.20. The summed E-state index contributed by atoms with van der Waals surface area (Å²) in [6, 6.07) is 3.48. The maximum Gasteiger partial charge on any atom is 0.246 e. The molecule has 2 bridgehead atoms. The monoisotopic (exact) mass is 455 g/mol. The van der Waals surface area contributed by atoms with Crippen LogP contribution < -0.4 is 10.6 Å². The van der Waals surface area contributed by atoms with E-state index in [1.807, 2.05) is 29.7 Å². The second-order valence-electron chi connectivity index (χ2n) is 9.82. The standard InChI is InChI=1S/C24H29N3O4S/c28-21(25-13-16-7-4-12-32-16)18-17-10-11-24(31-17)19(18)23(30)27(15-8-9-15)20(24)22(29)26-14-5-2-1-3-6-14/h4,7,10-12,14-15,17-20H,1-3,5-6,8-9,13H2,(H,25,28)(H,26,29)/t17-,18-,19+,20-,24+/m1/s1. The molecule has 1 aromatic heterocycles. The van der Waals surface area contributed by atoms with Crippen molar-refractivity contribution < 1.29 is 19.1 Å². The Morgan fingerprint density at radius 2 is 1.97 bits per heavy atom. The van der Waals surface area contributed by atoms with Gasteiger partial charge in [-0.1, -0.05) is 37.5 Å². The van der Waals surface area contributed by atoms with Gasteiger partial charge in [0.1, 0.15) is 11.6 Å². The summed E-state index contributed by atoms with van der Waals surface area (Å²) in [6.45, 7) is 0.440. The molecule has 5 aliphatic rings. The Morgan fingerprint density at radius 3 is 2.69 bits per heavy atom. The van der Waals surface area contributed by atoms with Gasteiger partial charge < -0.3 is 20.3 Å². The summed E-state index contributed by atoms with van der Waals surface area (Å²) in [7, 11) is 0. The lowest BCUT2D eigenvalue weighted by Crippen LogP contribution is -2.57. The summed E-state index contributed by atoms with van der Waals surface area (Å²) in [6.07, 6.45) is 10.6. The second kappa shape index (κ2) is 7.70. The number of ether oxygens (including phenoxy) is 1. The van der Waals surface area contributed by atoms with E-state index in [1.165, 1.54) is 6.42 Å². The Bertz CT molecular complexity index is 952. The molecule has 2 aliphatic carbocycles. The van der Waals surface area contributed by atoms with Gasteiger partial charge in [-0.3, -0.25) is 14.4 Å². The van der Waals surface area contributed by atoms with Crippen molar-refractivity contribution in [2.24, 2.45) is 11.8 Å². The van der Waals surface area contributed by atoms with Gasteiger partial charge >= 0.3 is 0 Å². The van der Waals surface area contributed by atoms with Gasteiger partial charge in [-0.05, 0) is 37.1 Å². The highest BCUT2D eigenvalue weighted by molar-refractivity contribution is 7.09. The SMILES string of the molecule is O=C(NCc1cccs1)[C@H]1[C@H]2C(=O)N(C3CC3)[C@H](C(=O)NC3CCCCC3)[C@]23C=C[C@H]1O3. The van der Waals surface area contributed by atoms with Crippen LogP contribution in [0.5, 0.6) is 0 Å². The average molecular weight is 456 g/mol. The first kappa shape index (κ1) is 20.4. The van der Waals surface area contributed by atoms with Crippen molar-refractivity contribution in [3.05, 3.63) is 34.5 Å². The maximum absolute atomic E-state index is 13.7. The zero-order chi connectivity index (χ0) is 21.9. The molecule has 2 saturated carbocycles. The number of hydrogen-bond acceptors (Lipinski definition) is 5. The fourth-order valence-electron chi connectivity index (χ4n) is 6.18. The number of likely N-dealkylation sites (tertiary alicyclic amines) is 1. The molecule has 2 saturated heterocycles. The highest BCUT2D eigenvalue weighted by Gasteiger charge is 2.74. The third-order valence-electron chi connectivity index (χ3n) is 7.77. The maximum atomic E-state index is 13.7. The summed E-state index contributed by atoms with van der Waals surface area (Å²) < 4.78 is 6.36. The molecule has 4 heterocycles. The molecule has 3 aliphatic heterocycles. The van der Waals surface area contributed by atoms with Crippen molar-refractivity contribution in [2.45, 2.75) is 81.3 Å². The molecule has 5 atom stereocenters. The van der Waals surface area contributed by atoms with E-state index in [2.05, 4.69) is 10.6 Å². The van der Waals surface area contributed by atoms with Crippen LogP contribution in [0.2, 0.25) is 0 Å². The molecule has 0 unspecified atom stereocenters. The number of nitrogens with zero attached hydrogens (tertiary/aromatic N) is 1. The van der Waals surface area contributed by atoms with Crippen LogP contribution in [0.4, 0.5) is 0 Å². The van der Waals surface area contributed by atoms with E-state index in [9.17, 15) is 14.4 Å². The lowest BCUT2D eigenvalue weighted by atomic mass is 9.74. The molecule has 6 rings (SSSR count). The highest BCUT2D eigenvalue weighted by Crippen LogP contribution is 2.57. The van der Waals surface area contributed by atoms with Crippen LogP contribution >= 0.6 is 11.3 Å². The zero-order valence-electron chi connectivity index (χ0n) is 18.0. The predicted molar refractivity (Wildman–Crippen MR) is 119 cm³/mol. The van der Waals surface area contributed by atoms with Crippen LogP contribution in [-0.2, 0) is 25.7 Å². The molecule has 0 aromatic carbocycles. The third-order valence-corrected chi connectivity index (χ3v) is 8.65. The van der Waals surface area contributed by atoms with Crippen LogP contribution in [0.15, 0.2) is 29.7 Å². The van der Waals surface area contributed by atoms with Gasteiger partial charge in [-0.25, -0.2) is 0 Å². The largest absolute Gasteiger partial charge is 0.359 e. The van der Waals surface area contributed by atoms with Crippen molar-refractivity contribution in [1.82, 2.24) is 15.5 Å². The highest BCUT2D eigenvalue weighted by atomic mass is 32.1. The zero-order valence-corrected chi connectivity index (χ0v) is 18.8. The molecule has 1 aromatic rings. The van der Waals surface area contributed by atoms with Crippen molar-refractivity contribution in [2.75, 3.05) is 0 Å². The first-order valence-corrected chi connectivity index (χ1v) is 12.8. The Hall–Kier alpha value is -2.19. The van der Waals surface area contributed by atoms with E-state index >= 15 is 0 Å². The topological polar surface area (TPSA) is 87.7 Å². The van der Waals surface area contributed by atoms with Crippen LogP contribution in [-0.4, -0.2) is 52.5 Å². The quantitative estimate of drug-likeness (QED) is 0.644. The molecular weight excluding hydrogens is 426 g/mol. The van der Waals surface area contributed by atoms with Crippen LogP contribution in [0.3, 0.4) is 0 Å². The number of fused-ring (bicyclic) bond motifs is 1. The van der Waals surface area contributed by atoms with Crippen LogP contribution in [0.1, 0.15) is 49.8 Å². The summed E-state index contributed by atoms with van der Waals surface area (Å²) in [5.41, 5.74) is -1.03. The van der Waals surface area contributed by atoms with E-state index < -0.39 is 29.6 Å². The Labute approximate surface area is 191 Å². The van der Waals surface area contributed by atoms with Gasteiger partial charge in [-0.2, -0.15) is 0 Å². The van der Waals surface area contributed by atoms with E-state index in [4.69, 9.17) is 4.74 Å². The first-order chi connectivity index (χ1) is 15.6. The number of hydrogen-bond donors (Lipinski definition) is 2. The Kier molecular flexibility index (Phi) is 4.91. The minimum Gasteiger partial charge on any atom is -0.359 e. The lowest BCUT2D eigenvalue weighted by molar-refractivity contribution is -0.142. The van der Waals surface area contributed by atoms with Gasteiger partial charge in [0.15, 0.2) is 0 Å². The second-order valence-corrected chi connectivity index (χ2v) is 10.9. The molecule has 1 spiro atoms. The minimum atomic E-state index is -1.03. The van der Waals surface area contributed by atoms with Crippen molar-refractivity contribution >= 4 is 29.1 Å². The molecule has 170 valence electrons. The number of carbonyl (C=O) groups is 3. The average Bonchev–Trinajstić information content (AvgIpc) is 3.15. The van der Waals surface area contributed by atoms with Crippen LogP contribution in [0, 0.1) is 11.8 Å². The molecule has 32 heavy (non-hydrogen) atoms. The van der Waals surface area contributed by atoms with E-state index in [0.717, 1.165) is 43.4 Å². The minimum absolute atomic E-state index is 0.0791. The smallest absolute Gasteiger partial charge is 0.246 e. The third kappa shape index (κ3) is 3.14. The first-order valence-electron chi connectivity index (χ1n) is 11.9. The van der Waals surface area contributed by atoms with Gasteiger partial charge in [0.05, 0.1) is 24.5 Å². The normalized spacial score (nSPS) is 35.9. The molecule has 4 fully saturated rings. The number of thiophene rings is 1. The summed E-state index contributed by atoms with van der Waals surface area (Å²) in [5.74, 6) is -1.62. The molecule has 0 radical (unpaired) electrons. The van der Waals surface area contributed by atoms with Gasteiger partial charge in [0, 0.05) is 17.0 Å². The Morgan fingerprint density at radius 1 is 1.16 bits per heavy atom. The lowest BCUT2D eigenvalue weighted by Gasteiger charge is -2.34. The van der Waals surface area contributed by atoms with Crippen LogP contribution in [0.25, 0.3) is 0 Å². The number of carbonyl (C=O) groups excluding carboxylic acids is 3. The summed E-state index contributed by atoms with van der Waals surface area (Å²) >= 11 is 1.59. The fraction of sp³-hybridized carbons (Fsp3) is 0.625. The molecular formula is C24H29N3O4S. The molecule has 2 N–H and O–H groups in total. The predicted octanol–water partition coefficient (Wildman–Crippen LogP) is 2.13. The number of nitrogens with one attached hydrogen (secondary N) is 2. The van der Waals surface area contributed by atoms with Gasteiger partial charge in [-0.15, -0.1) is 11.3 Å². The molecule has 8 heteroatoms. The van der Waals surface area contributed by atoms with Gasteiger partial charge in [0.25, 0.3) is 0 Å². The summed E-state index contributed by atoms with van der Waals surface area (Å²) in [4.78, 5) is 43.3. The van der Waals surface area contributed by atoms with Gasteiger partial charge in [0.2, 0.25) is 17.7 Å². The van der Waals surface area contributed by atoms with E-state index in [-0.39, 0.29) is 29.8 Å². The van der Waals surface area contributed by atoms with Crippen molar-refractivity contribution in [3.63, 3.8) is 0 Å². The fourth-order valence-corrected chi connectivity index (χ4v) is 6.83.